The zero-order valence-electron chi connectivity index (χ0n) is 14.0. The molecule has 1 N–H and O–H groups in total. The van der Waals surface area contributed by atoms with Gasteiger partial charge in [-0.15, -0.1) is 0 Å². The first kappa shape index (κ1) is 18.5. The highest BCUT2D eigenvalue weighted by Crippen LogP contribution is 2.31. The van der Waals surface area contributed by atoms with E-state index < -0.39 is 18.3 Å². The third-order valence-electron chi connectivity index (χ3n) is 3.62. The van der Waals surface area contributed by atoms with Gasteiger partial charge in [0.2, 0.25) is 0 Å². The van der Waals surface area contributed by atoms with Crippen molar-refractivity contribution in [2.45, 2.75) is 6.61 Å². The van der Waals surface area contributed by atoms with Crippen molar-refractivity contribution in [3.63, 3.8) is 0 Å². The largest absolute Gasteiger partial charge is 0.434 e. The summed E-state index contributed by atoms with van der Waals surface area (Å²) in [4.78, 5) is 12.8. The Bertz CT molecular complexity index is 912. The Morgan fingerprint density at radius 2 is 1.85 bits per heavy atom. The second-order valence-electron chi connectivity index (χ2n) is 5.53. The van der Waals surface area contributed by atoms with Crippen molar-refractivity contribution in [1.29, 1.82) is 0 Å². The molecule has 0 aliphatic carbocycles. The molecule has 0 bridgehead atoms. The smallest absolute Gasteiger partial charge is 0.387 e. The number of rotatable bonds is 5. The molecular formula is C18H14F3N3O3. The molecule has 0 saturated heterocycles. The highest BCUT2D eigenvalue weighted by atomic mass is 19.3. The summed E-state index contributed by atoms with van der Waals surface area (Å²) in [6, 6.07) is 10.9. The Balaban J connectivity index is 2.11. The van der Waals surface area contributed by atoms with Gasteiger partial charge in [-0.1, -0.05) is 12.1 Å². The number of alkyl halides is 2. The summed E-state index contributed by atoms with van der Waals surface area (Å²) >= 11 is 0. The van der Waals surface area contributed by atoms with Crippen molar-refractivity contribution in [2.75, 3.05) is 12.1 Å². The number of amides is 1. The van der Waals surface area contributed by atoms with Crippen LogP contribution in [0.15, 0.2) is 65.4 Å². The van der Waals surface area contributed by atoms with Crippen LogP contribution >= 0.6 is 0 Å². The third-order valence-corrected chi connectivity index (χ3v) is 3.62. The summed E-state index contributed by atoms with van der Waals surface area (Å²) in [6.45, 7) is -3.06. The molecule has 6 nitrogen and oxygen atoms in total. The molecule has 0 atom stereocenters. The van der Waals surface area contributed by atoms with Gasteiger partial charge in [-0.2, -0.15) is 18.9 Å². The molecule has 0 unspecified atom stereocenters. The van der Waals surface area contributed by atoms with E-state index in [0.29, 0.717) is 5.06 Å². The lowest BCUT2D eigenvalue weighted by atomic mass is 10.0. The van der Waals surface area contributed by atoms with Crippen molar-refractivity contribution in [2.24, 2.45) is 5.10 Å². The molecule has 2 aromatic rings. The van der Waals surface area contributed by atoms with E-state index >= 15 is 0 Å². The molecule has 3 rings (SSSR count). The van der Waals surface area contributed by atoms with Crippen molar-refractivity contribution in [3.8, 4) is 5.75 Å². The van der Waals surface area contributed by atoms with Gasteiger partial charge in [-0.25, -0.2) is 4.39 Å². The second kappa shape index (κ2) is 7.50. The van der Waals surface area contributed by atoms with E-state index in [4.69, 9.17) is 0 Å². The summed E-state index contributed by atoms with van der Waals surface area (Å²) in [6.07, 6.45) is 1.10. The fraction of sp³-hybridized carbons (Fsp3) is 0.111. The van der Waals surface area contributed by atoms with Crippen LogP contribution in [0.5, 0.6) is 5.75 Å². The van der Waals surface area contributed by atoms with Crippen LogP contribution in [0.1, 0.15) is 5.56 Å². The van der Waals surface area contributed by atoms with Gasteiger partial charge >= 0.3 is 6.61 Å². The normalized spacial score (nSPS) is 15.5. The number of hydrazone groups is 1. The van der Waals surface area contributed by atoms with E-state index in [1.54, 1.807) is 6.07 Å². The first-order chi connectivity index (χ1) is 12.9. The van der Waals surface area contributed by atoms with Crippen LogP contribution < -0.4 is 9.75 Å². The number of para-hydroxylation sites is 1. The molecular weight excluding hydrogens is 363 g/mol. The molecule has 1 heterocycles. The fourth-order valence-corrected chi connectivity index (χ4v) is 2.54. The van der Waals surface area contributed by atoms with Crippen LogP contribution in [0.25, 0.3) is 0 Å². The SMILES string of the molecule is CN(O)C=C1C(=O)N(c2ccc(F)cc2)N=C1c1ccccc1OC(F)F. The molecule has 0 radical (unpaired) electrons. The van der Waals surface area contributed by atoms with E-state index in [1.807, 2.05) is 0 Å². The first-order valence-corrected chi connectivity index (χ1v) is 7.73. The lowest BCUT2D eigenvalue weighted by molar-refractivity contribution is -0.114. The molecule has 140 valence electrons. The summed E-state index contributed by atoms with van der Waals surface area (Å²) in [5.74, 6) is -1.29. The average Bonchev–Trinajstić information content (AvgIpc) is 2.92. The summed E-state index contributed by atoms with van der Waals surface area (Å²) in [5.41, 5.74) is 0.398. The first-order valence-electron chi connectivity index (χ1n) is 7.73. The van der Waals surface area contributed by atoms with E-state index in [2.05, 4.69) is 9.84 Å². The van der Waals surface area contributed by atoms with Crippen molar-refractivity contribution >= 4 is 17.3 Å². The zero-order chi connectivity index (χ0) is 19.6. The maximum atomic E-state index is 13.2. The average molecular weight is 377 g/mol. The second-order valence-corrected chi connectivity index (χ2v) is 5.53. The maximum absolute atomic E-state index is 13.2. The van der Waals surface area contributed by atoms with E-state index in [1.165, 1.54) is 37.4 Å². The monoisotopic (exact) mass is 377 g/mol. The number of carbonyl (C=O) groups is 1. The number of halogens is 3. The Labute approximate surface area is 152 Å². The Morgan fingerprint density at radius 3 is 2.48 bits per heavy atom. The molecule has 27 heavy (non-hydrogen) atoms. The molecule has 1 aliphatic rings. The number of nitrogens with zero attached hydrogens (tertiary/aromatic N) is 3. The van der Waals surface area contributed by atoms with Gasteiger partial charge in [-0.05, 0) is 36.4 Å². The number of carbonyl (C=O) groups excluding carboxylic acids is 1. The number of hydroxylamine groups is 2. The molecule has 0 spiro atoms. The van der Waals surface area contributed by atoms with Crippen LogP contribution in [-0.4, -0.2) is 35.5 Å². The minimum Gasteiger partial charge on any atom is -0.434 e. The quantitative estimate of drug-likeness (QED) is 0.641. The minimum absolute atomic E-state index is 0.0291. The molecule has 0 saturated carbocycles. The number of ether oxygens (including phenoxy) is 1. The Hall–Kier alpha value is -3.33. The summed E-state index contributed by atoms with van der Waals surface area (Å²) in [5, 5.41) is 15.4. The Kier molecular flexibility index (Phi) is 5.13. The van der Waals surface area contributed by atoms with Gasteiger partial charge in [0.1, 0.15) is 17.3 Å². The van der Waals surface area contributed by atoms with Gasteiger partial charge in [0.25, 0.3) is 5.91 Å². The summed E-state index contributed by atoms with van der Waals surface area (Å²) in [7, 11) is 1.28. The van der Waals surface area contributed by atoms with Gasteiger partial charge in [-0.3, -0.25) is 15.1 Å². The topological polar surface area (TPSA) is 65.4 Å². The van der Waals surface area contributed by atoms with Gasteiger partial charge in [0.15, 0.2) is 0 Å². The fourth-order valence-electron chi connectivity index (χ4n) is 2.54. The van der Waals surface area contributed by atoms with Crippen LogP contribution in [0.3, 0.4) is 0 Å². The standard InChI is InChI=1S/C18H14F3N3O3/c1-23(26)10-14-16(13-4-2-3-5-15(13)27-18(20)21)22-24(17(14)25)12-8-6-11(19)7-9-12/h2-10,18,26H,1H3. The molecule has 9 heteroatoms. The van der Waals surface area contributed by atoms with Crippen LogP contribution in [0, 0.1) is 5.82 Å². The van der Waals surface area contributed by atoms with Gasteiger partial charge in [0, 0.05) is 18.8 Å². The molecule has 1 aliphatic heterocycles. The van der Waals surface area contributed by atoms with Crippen molar-refractivity contribution in [3.05, 3.63) is 71.7 Å². The Morgan fingerprint density at radius 1 is 1.19 bits per heavy atom. The van der Waals surface area contributed by atoms with Gasteiger partial charge < -0.3 is 4.74 Å². The highest BCUT2D eigenvalue weighted by Gasteiger charge is 2.34. The van der Waals surface area contributed by atoms with Crippen LogP contribution in [0.4, 0.5) is 18.9 Å². The summed E-state index contributed by atoms with van der Waals surface area (Å²) < 4.78 is 43.1. The number of hydrogen-bond donors (Lipinski definition) is 1. The van der Waals surface area contributed by atoms with E-state index in [-0.39, 0.29) is 28.3 Å². The minimum atomic E-state index is -3.06. The third kappa shape index (κ3) is 3.93. The molecule has 2 aromatic carbocycles. The molecule has 1 amide bonds. The van der Waals surface area contributed by atoms with Crippen LogP contribution in [-0.2, 0) is 4.79 Å². The van der Waals surface area contributed by atoms with E-state index in [9.17, 15) is 23.2 Å². The van der Waals surface area contributed by atoms with E-state index in [0.717, 1.165) is 23.3 Å². The van der Waals surface area contributed by atoms with Crippen molar-refractivity contribution < 1.29 is 27.9 Å². The highest BCUT2D eigenvalue weighted by molar-refractivity contribution is 6.35. The van der Waals surface area contributed by atoms with Gasteiger partial charge in [0.05, 0.1) is 11.3 Å². The number of benzene rings is 2. The predicted molar refractivity (Wildman–Crippen MR) is 91.1 cm³/mol. The lowest BCUT2D eigenvalue weighted by Crippen LogP contribution is -2.23. The number of anilines is 1. The number of hydrogen-bond acceptors (Lipinski definition) is 5. The maximum Gasteiger partial charge on any atom is 0.387 e. The van der Waals surface area contributed by atoms with Crippen LogP contribution in [0.2, 0.25) is 0 Å². The van der Waals surface area contributed by atoms with Crippen molar-refractivity contribution in [1.82, 2.24) is 5.06 Å². The predicted octanol–water partition coefficient (Wildman–Crippen LogP) is 3.38. The zero-order valence-corrected chi connectivity index (χ0v) is 14.0. The lowest BCUT2D eigenvalue weighted by Gasteiger charge is -2.11. The molecule has 0 aromatic heterocycles. The molecule has 0 fully saturated rings.